The van der Waals surface area contributed by atoms with E-state index in [4.69, 9.17) is 23.2 Å². The average Bonchev–Trinajstić information content (AvgIpc) is 2.88. The maximum atomic E-state index is 13.9. The first-order valence-electron chi connectivity index (χ1n) is 12.1. The average molecular weight is 577 g/mol. The molecular formula is C28H31Cl2N3O4S. The highest BCUT2D eigenvalue weighted by molar-refractivity contribution is 7.92. The Balaban J connectivity index is 2.06. The molecule has 1 atom stereocenters. The fourth-order valence-electron chi connectivity index (χ4n) is 4.06. The van der Waals surface area contributed by atoms with Gasteiger partial charge in [0.25, 0.3) is 10.0 Å². The molecule has 0 saturated carbocycles. The Hall–Kier alpha value is -3.07. The predicted molar refractivity (Wildman–Crippen MR) is 152 cm³/mol. The Morgan fingerprint density at radius 3 is 2.24 bits per heavy atom. The molecule has 38 heavy (non-hydrogen) atoms. The molecule has 0 saturated heterocycles. The van der Waals surface area contributed by atoms with E-state index in [9.17, 15) is 18.0 Å². The molecule has 0 spiro atoms. The van der Waals surface area contributed by atoms with E-state index in [-0.39, 0.29) is 17.3 Å². The van der Waals surface area contributed by atoms with Crippen LogP contribution in [0.3, 0.4) is 0 Å². The van der Waals surface area contributed by atoms with E-state index in [1.54, 1.807) is 69.3 Å². The minimum Gasteiger partial charge on any atom is -0.355 e. The summed E-state index contributed by atoms with van der Waals surface area (Å²) >= 11 is 12.2. The van der Waals surface area contributed by atoms with Gasteiger partial charge in [-0.3, -0.25) is 13.9 Å². The maximum Gasteiger partial charge on any atom is 0.264 e. The quantitative estimate of drug-likeness (QED) is 0.352. The molecule has 0 aliphatic carbocycles. The van der Waals surface area contributed by atoms with Gasteiger partial charge in [0.2, 0.25) is 11.8 Å². The van der Waals surface area contributed by atoms with Crippen LogP contribution in [0.25, 0.3) is 0 Å². The van der Waals surface area contributed by atoms with Crippen molar-refractivity contribution in [2.75, 3.05) is 17.4 Å². The predicted octanol–water partition coefficient (Wildman–Crippen LogP) is 5.36. The van der Waals surface area contributed by atoms with Crippen LogP contribution in [0, 0.1) is 13.8 Å². The van der Waals surface area contributed by atoms with Gasteiger partial charge >= 0.3 is 0 Å². The summed E-state index contributed by atoms with van der Waals surface area (Å²) in [6, 6.07) is 17.4. The van der Waals surface area contributed by atoms with Crippen LogP contribution in [-0.4, -0.2) is 44.3 Å². The Morgan fingerprint density at radius 2 is 1.63 bits per heavy atom. The summed E-state index contributed by atoms with van der Waals surface area (Å²) in [6.07, 6.45) is 0. The molecule has 0 aliphatic rings. The van der Waals surface area contributed by atoms with Crippen molar-refractivity contribution < 1.29 is 18.0 Å². The molecule has 3 aromatic carbocycles. The fourth-order valence-corrected chi connectivity index (χ4v) is 5.88. The van der Waals surface area contributed by atoms with Crippen molar-refractivity contribution >= 4 is 50.7 Å². The van der Waals surface area contributed by atoms with Crippen LogP contribution in [0.2, 0.25) is 10.0 Å². The molecular weight excluding hydrogens is 545 g/mol. The molecule has 1 N–H and O–H groups in total. The van der Waals surface area contributed by atoms with E-state index in [2.05, 4.69) is 5.32 Å². The Morgan fingerprint density at radius 1 is 0.947 bits per heavy atom. The van der Waals surface area contributed by atoms with Crippen molar-refractivity contribution in [1.82, 2.24) is 10.2 Å². The van der Waals surface area contributed by atoms with Gasteiger partial charge in [-0.25, -0.2) is 8.42 Å². The van der Waals surface area contributed by atoms with Gasteiger partial charge in [0.1, 0.15) is 12.6 Å². The number of likely N-dealkylation sites (N-methyl/N-ethyl adjacent to an activating group) is 1. The van der Waals surface area contributed by atoms with Crippen molar-refractivity contribution in [3.8, 4) is 0 Å². The van der Waals surface area contributed by atoms with Crippen molar-refractivity contribution in [3.05, 3.63) is 93.5 Å². The van der Waals surface area contributed by atoms with Crippen LogP contribution in [0.5, 0.6) is 0 Å². The molecule has 202 valence electrons. The van der Waals surface area contributed by atoms with Crippen LogP contribution < -0.4 is 9.62 Å². The number of amides is 2. The smallest absolute Gasteiger partial charge is 0.264 e. The molecule has 10 heteroatoms. The van der Waals surface area contributed by atoms with Gasteiger partial charge in [0.05, 0.1) is 20.6 Å². The summed E-state index contributed by atoms with van der Waals surface area (Å²) in [5.41, 5.74) is 2.69. The Bertz CT molecular complexity index is 1410. The summed E-state index contributed by atoms with van der Waals surface area (Å²) in [4.78, 5) is 28.1. The molecule has 0 bridgehead atoms. The number of nitrogens with one attached hydrogen (secondary N) is 1. The number of nitrogens with zero attached hydrogens (tertiary/aromatic N) is 2. The number of sulfonamides is 1. The number of hydrogen-bond donors (Lipinski definition) is 1. The highest BCUT2D eigenvalue weighted by Gasteiger charge is 2.33. The van der Waals surface area contributed by atoms with Crippen LogP contribution in [0.4, 0.5) is 5.69 Å². The van der Waals surface area contributed by atoms with E-state index < -0.39 is 28.5 Å². The largest absolute Gasteiger partial charge is 0.355 e. The third kappa shape index (κ3) is 6.87. The van der Waals surface area contributed by atoms with Crippen molar-refractivity contribution in [2.45, 2.75) is 45.2 Å². The van der Waals surface area contributed by atoms with Gasteiger partial charge in [-0.2, -0.15) is 0 Å². The van der Waals surface area contributed by atoms with Gasteiger partial charge < -0.3 is 10.2 Å². The summed E-state index contributed by atoms with van der Waals surface area (Å²) in [6.45, 7) is 7.00. The summed E-state index contributed by atoms with van der Waals surface area (Å²) in [5.74, 6) is -0.904. The van der Waals surface area contributed by atoms with Crippen LogP contribution in [0.15, 0.2) is 71.6 Å². The zero-order valence-corrected chi connectivity index (χ0v) is 24.1. The van der Waals surface area contributed by atoms with Crippen LogP contribution in [0.1, 0.15) is 30.5 Å². The minimum absolute atomic E-state index is 0.0279. The molecule has 0 aliphatic heterocycles. The van der Waals surface area contributed by atoms with E-state index in [1.807, 2.05) is 13.0 Å². The second-order valence-electron chi connectivity index (χ2n) is 8.96. The van der Waals surface area contributed by atoms with Gasteiger partial charge in [0.15, 0.2) is 0 Å². The Labute approximate surface area is 234 Å². The van der Waals surface area contributed by atoms with E-state index >= 15 is 0 Å². The lowest BCUT2D eigenvalue weighted by Crippen LogP contribution is -2.51. The summed E-state index contributed by atoms with van der Waals surface area (Å²) < 4.78 is 28.7. The number of benzene rings is 3. The number of anilines is 1. The number of hydrogen-bond acceptors (Lipinski definition) is 4. The molecule has 0 aromatic heterocycles. The summed E-state index contributed by atoms with van der Waals surface area (Å²) in [5, 5.41) is 3.40. The zero-order valence-electron chi connectivity index (χ0n) is 21.7. The lowest BCUT2D eigenvalue weighted by Gasteiger charge is -2.32. The normalized spacial score (nSPS) is 12.1. The molecule has 0 fully saturated rings. The molecule has 0 unspecified atom stereocenters. The van der Waals surface area contributed by atoms with Crippen LogP contribution >= 0.6 is 23.2 Å². The second-order valence-corrected chi connectivity index (χ2v) is 11.6. The number of aryl methyl sites for hydroxylation is 2. The lowest BCUT2D eigenvalue weighted by molar-refractivity contribution is -0.139. The first-order chi connectivity index (χ1) is 17.9. The number of carbonyl (C=O) groups is 2. The number of halogens is 2. The minimum atomic E-state index is -4.11. The second kappa shape index (κ2) is 12.7. The molecule has 0 heterocycles. The van der Waals surface area contributed by atoms with Crippen molar-refractivity contribution in [2.24, 2.45) is 0 Å². The topological polar surface area (TPSA) is 86.8 Å². The fraction of sp³-hybridized carbons (Fsp3) is 0.286. The number of rotatable bonds is 10. The van der Waals surface area contributed by atoms with Gasteiger partial charge in [0, 0.05) is 13.1 Å². The Kier molecular flexibility index (Phi) is 9.82. The lowest BCUT2D eigenvalue weighted by atomic mass is 10.1. The first kappa shape index (κ1) is 29.5. The zero-order chi connectivity index (χ0) is 28.0. The maximum absolute atomic E-state index is 13.9. The highest BCUT2D eigenvalue weighted by atomic mass is 35.5. The van der Waals surface area contributed by atoms with Crippen LogP contribution in [-0.2, 0) is 26.2 Å². The van der Waals surface area contributed by atoms with E-state index in [0.717, 1.165) is 9.87 Å². The van der Waals surface area contributed by atoms with Gasteiger partial charge in [-0.05, 0) is 69.2 Å². The summed E-state index contributed by atoms with van der Waals surface area (Å²) in [7, 11) is -4.11. The van der Waals surface area contributed by atoms with Gasteiger partial charge in [-0.15, -0.1) is 0 Å². The highest BCUT2D eigenvalue weighted by Crippen LogP contribution is 2.29. The third-order valence-electron chi connectivity index (χ3n) is 6.09. The standard InChI is InChI=1S/C28H31Cl2N3O4S/c1-5-31-28(35)21(4)32(17-22-12-13-24(29)25(30)16-22)27(34)18-33(26-14-11-19(2)15-20(26)3)38(36,37)23-9-7-6-8-10-23/h6-16,21H,5,17-18H2,1-4H3,(H,31,35)/t21-/m1/s1. The first-order valence-corrected chi connectivity index (χ1v) is 14.3. The molecule has 7 nitrogen and oxygen atoms in total. The van der Waals surface area contributed by atoms with Crippen molar-refractivity contribution in [1.29, 1.82) is 0 Å². The number of carbonyl (C=O) groups excluding carboxylic acids is 2. The van der Waals surface area contributed by atoms with Crippen molar-refractivity contribution in [3.63, 3.8) is 0 Å². The monoisotopic (exact) mass is 575 g/mol. The SMILES string of the molecule is CCNC(=O)[C@@H](C)N(Cc1ccc(Cl)c(Cl)c1)C(=O)CN(c1ccc(C)cc1C)S(=O)(=O)c1ccccc1. The molecule has 0 radical (unpaired) electrons. The molecule has 3 rings (SSSR count). The molecule has 3 aromatic rings. The van der Waals surface area contributed by atoms with Gasteiger partial charge in [-0.1, -0.05) is 65.2 Å². The van der Waals surface area contributed by atoms with E-state index in [1.165, 1.54) is 17.0 Å². The van der Waals surface area contributed by atoms with E-state index in [0.29, 0.717) is 33.4 Å². The molecule has 2 amide bonds. The third-order valence-corrected chi connectivity index (χ3v) is 8.60.